The molecule has 0 saturated carbocycles. The zero-order chi connectivity index (χ0) is 20.4. The summed E-state index contributed by atoms with van der Waals surface area (Å²) in [4.78, 5) is 23.5. The number of fused-ring (bicyclic) bond motifs is 3. The molecule has 3 heterocycles. The molecule has 9 heteroatoms. The van der Waals surface area contributed by atoms with E-state index < -0.39 is 5.97 Å². The van der Waals surface area contributed by atoms with E-state index in [0.29, 0.717) is 36.4 Å². The van der Waals surface area contributed by atoms with Crippen molar-refractivity contribution >= 4 is 22.6 Å². The molecule has 4 aromatic rings. The molecule has 0 aliphatic rings. The Morgan fingerprint density at radius 2 is 1.97 bits per heavy atom. The van der Waals surface area contributed by atoms with Gasteiger partial charge in [-0.25, -0.2) is 4.52 Å². The average Bonchev–Trinajstić information content (AvgIpc) is 3.09. The van der Waals surface area contributed by atoms with Gasteiger partial charge in [-0.15, -0.1) is 10.2 Å². The lowest BCUT2D eigenvalue weighted by molar-refractivity contribution is -0.137. The molecule has 148 valence electrons. The van der Waals surface area contributed by atoms with E-state index >= 15 is 0 Å². The molecule has 0 aliphatic carbocycles. The molecule has 9 nitrogen and oxygen atoms in total. The number of aliphatic carboxylic acids is 1. The number of carboxylic acids is 1. The van der Waals surface area contributed by atoms with Crippen LogP contribution in [0.2, 0.25) is 0 Å². The van der Waals surface area contributed by atoms with Crippen LogP contribution in [0.3, 0.4) is 0 Å². The minimum Gasteiger partial charge on any atom is -0.481 e. The van der Waals surface area contributed by atoms with Gasteiger partial charge in [-0.05, 0) is 18.1 Å². The topological polar surface area (TPSA) is 112 Å². The summed E-state index contributed by atoms with van der Waals surface area (Å²) >= 11 is 0. The molecule has 0 atom stereocenters. The molecule has 1 aromatic carbocycles. The van der Waals surface area contributed by atoms with Gasteiger partial charge in [-0.3, -0.25) is 9.59 Å². The van der Waals surface area contributed by atoms with Crippen molar-refractivity contribution in [3.05, 3.63) is 58.6 Å². The smallest absolute Gasteiger partial charge is 0.303 e. The zero-order valence-corrected chi connectivity index (χ0v) is 15.8. The second-order valence-corrected chi connectivity index (χ2v) is 6.60. The van der Waals surface area contributed by atoms with E-state index in [-0.39, 0.29) is 17.5 Å². The molecule has 0 bridgehead atoms. The third kappa shape index (κ3) is 3.47. The van der Waals surface area contributed by atoms with Gasteiger partial charge in [0, 0.05) is 26.3 Å². The Labute approximate surface area is 165 Å². The lowest BCUT2D eigenvalue weighted by atomic mass is 10.1. The molecule has 0 aliphatic heterocycles. The highest BCUT2D eigenvalue weighted by Crippen LogP contribution is 2.28. The van der Waals surface area contributed by atoms with Gasteiger partial charge in [0.2, 0.25) is 0 Å². The third-order valence-electron chi connectivity index (χ3n) is 4.66. The Bertz CT molecular complexity index is 1250. The average molecular weight is 393 g/mol. The number of carboxylic acid groups (broad SMARTS) is 1. The predicted octanol–water partition coefficient (Wildman–Crippen LogP) is 2.12. The van der Waals surface area contributed by atoms with Crippen molar-refractivity contribution in [1.82, 2.24) is 24.4 Å². The predicted molar refractivity (Wildman–Crippen MR) is 106 cm³/mol. The van der Waals surface area contributed by atoms with Crippen molar-refractivity contribution in [2.24, 2.45) is 0 Å². The van der Waals surface area contributed by atoms with Gasteiger partial charge >= 0.3 is 5.97 Å². The summed E-state index contributed by atoms with van der Waals surface area (Å²) in [6, 6.07) is 11.5. The fourth-order valence-corrected chi connectivity index (χ4v) is 3.34. The summed E-state index contributed by atoms with van der Waals surface area (Å²) in [5, 5.41) is 21.9. The van der Waals surface area contributed by atoms with Crippen LogP contribution in [0.25, 0.3) is 27.8 Å². The first-order chi connectivity index (χ1) is 14.1. The number of aryl methyl sites for hydroxylation is 1. The summed E-state index contributed by atoms with van der Waals surface area (Å²) in [5.74, 6) is -0.893. The van der Waals surface area contributed by atoms with Gasteiger partial charge in [0.1, 0.15) is 5.52 Å². The van der Waals surface area contributed by atoms with E-state index in [9.17, 15) is 9.59 Å². The number of pyridine rings is 1. The highest BCUT2D eigenvalue weighted by molar-refractivity contribution is 5.84. The lowest BCUT2D eigenvalue weighted by Crippen LogP contribution is -2.22. The van der Waals surface area contributed by atoms with Crippen molar-refractivity contribution in [2.45, 2.75) is 26.0 Å². The largest absolute Gasteiger partial charge is 0.481 e. The lowest BCUT2D eigenvalue weighted by Gasteiger charge is -2.06. The van der Waals surface area contributed by atoms with Crippen LogP contribution in [-0.2, 0) is 22.7 Å². The van der Waals surface area contributed by atoms with Gasteiger partial charge in [0.05, 0.1) is 17.9 Å². The molecular weight excluding hydrogens is 374 g/mol. The van der Waals surface area contributed by atoms with Gasteiger partial charge in [-0.2, -0.15) is 5.10 Å². The molecule has 0 fully saturated rings. The number of benzene rings is 1. The SMILES string of the molecule is COCc1nn2c(nnc3c(=O)n(CCCC(=O)O)ccc32)c1-c1ccccc1. The van der Waals surface area contributed by atoms with Crippen LogP contribution in [0.1, 0.15) is 18.5 Å². The summed E-state index contributed by atoms with van der Waals surface area (Å²) in [6.45, 7) is 0.589. The van der Waals surface area contributed by atoms with E-state index in [4.69, 9.17) is 9.84 Å². The standard InChI is InChI=1S/C20H19N5O4/c1-29-12-14-17(13-6-3-2-4-7-13)19-22-21-18-15(25(19)23-14)9-11-24(20(18)28)10-5-8-16(26)27/h2-4,6-7,9,11H,5,8,10,12H2,1H3,(H,26,27). The number of hydrogen-bond acceptors (Lipinski definition) is 6. The van der Waals surface area contributed by atoms with Crippen molar-refractivity contribution < 1.29 is 14.6 Å². The molecule has 4 rings (SSSR count). The number of nitrogens with zero attached hydrogens (tertiary/aromatic N) is 5. The minimum atomic E-state index is -0.893. The van der Waals surface area contributed by atoms with Crippen molar-refractivity contribution in [2.75, 3.05) is 7.11 Å². The summed E-state index contributed by atoms with van der Waals surface area (Å²) < 4.78 is 8.36. The number of aromatic nitrogens is 5. The summed E-state index contributed by atoms with van der Waals surface area (Å²) in [7, 11) is 1.60. The third-order valence-corrected chi connectivity index (χ3v) is 4.66. The van der Waals surface area contributed by atoms with E-state index in [1.165, 1.54) is 4.57 Å². The molecular formula is C20H19N5O4. The van der Waals surface area contributed by atoms with Crippen molar-refractivity contribution in [1.29, 1.82) is 0 Å². The highest BCUT2D eigenvalue weighted by atomic mass is 16.5. The van der Waals surface area contributed by atoms with Crippen LogP contribution in [0.4, 0.5) is 0 Å². The quantitative estimate of drug-likeness (QED) is 0.512. The monoisotopic (exact) mass is 393 g/mol. The Kier molecular flexibility index (Phi) is 5.05. The Morgan fingerprint density at radius 3 is 2.69 bits per heavy atom. The van der Waals surface area contributed by atoms with Crippen LogP contribution < -0.4 is 5.56 Å². The maximum Gasteiger partial charge on any atom is 0.303 e. The van der Waals surface area contributed by atoms with Crippen LogP contribution in [0.15, 0.2) is 47.4 Å². The fraction of sp³-hybridized carbons (Fsp3) is 0.250. The number of methoxy groups -OCH3 is 1. The van der Waals surface area contributed by atoms with Crippen LogP contribution in [-0.4, -0.2) is 42.6 Å². The number of carbonyl (C=O) groups is 1. The second kappa shape index (κ2) is 7.80. The van der Waals surface area contributed by atoms with E-state index in [2.05, 4.69) is 15.3 Å². The number of hydrogen-bond donors (Lipinski definition) is 1. The van der Waals surface area contributed by atoms with Gasteiger partial charge in [0.15, 0.2) is 11.2 Å². The Morgan fingerprint density at radius 1 is 1.17 bits per heavy atom. The molecule has 3 aromatic heterocycles. The first kappa shape index (κ1) is 18.8. The molecule has 0 amide bonds. The van der Waals surface area contributed by atoms with Crippen LogP contribution in [0, 0.1) is 0 Å². The van der Waals surface area contributed by atoms with E-state index in [1.807, 2.05) is 30.3 Å². The minimum absolute atomic E-state index is 0.00480. The summed E-state index contributed by atoms with van der Waals surface area (Å²) in [6.07, 6.45) is 1.98. The fourth-order valence-electron chi connectivity index (χ4n) is 3.34. The van der Waals surface area contributed by atoms with Gasteiger partial charge in [-0.1, -0.05) is 30.3 Å². The molecule has 0 radical (unpaired) electrons. The number of rotatable bonds is 7. The maximum atomic E-state index is 12.8. The normalized spacial score (nSPS) is 11.3. The Hall–Kier alpha value is -3.59. The molecule has 29 heavy (non-hydrogen) atoms. The van der Waals surface area contributed by atoms with Gasteiger partial charge in [0.25, 0.3) is 5.56 Å². The first-order valence-corrected chi connectivity index (χ1v) is 9.13. The number of ether oxygens (including phenoxy) is 1. The maximum absolute atomic E-state index is 12.8. The van der Waals surface area contributed by atoms with Crippen LogP contribution >= 0.6 is 0 Å². The zero-order valence-electron chi connectivity index (χ0n) is 15.8. The highest BCUT2D eigenvalue weighted by Gasteiger charge is 2.19. The molecule has 1 N–H and O–H groups in total. The van der Waals surface area contributed by atoms with E-state index in [1.54, 1.807) is 23.9 Å². The Balaban J connectivity index is 1.87. The van der Waals surface area contributed by atoms with Gasteiger partial charge < -0.3 is 14.4 Å². The molecule has 0 unspecified atom stereocenters. The van der Waals surface area contributed by atoms with Crippen molar-refractivity contribution in [3.63, 3.8) is 0 Å². The summed E-state index contributed by atoms with van der Waals surface area (Å²) in [5.41, 5.74) is 3.38. The molecule has 0 spiro atoms. The van der Waals surface area contributed by atoms with E-state index in [0.717, 1.165) is 11.1 Å². The second-order valence-electron chi connectivity index (χ2n) is 6.60. The molecule has 0 saturated heterocycles. The van der Waals surface area contributed by atoms with Crippen LogP contribution in [0.5, 0.6) is 0 Å². The first-order valence-electron chi connectivity index (χ1n) is 9.13. The van der Waals surface area contributed by atoms with Crippen molar-refractivity contribution in [3.8, 4) is 11.1 Å².